The molecule has 0 saturated heterocycles. The molecule has 0 aromatic heterocycles. The highest BCUT2D eigenvalue weighted by atomic mass is 16.6. The van der Waals surface area contributed by atoms with Crippen molar-refractivity contribution in [2.45, 2.75) is 297 Å². The molecule has 0 aromatic carbocycles. The predicted octanol–water partition coefficient (Wildman–Crippen LogP) is 20.3. The Morgan fingerprint density at radius 1 is 0.296 bits per heavy atom. The SMILES string of the molecule is CC/C=C\C/C=C\C/C=C\C/C=C\C/C=C\CCCC(=O)OC[C@H](COC(=O)CCCCCCCCCCCCCCCCCCCCCCC)OC(=O)CCCCCCC/C=C\C/C=C\CCCCC. The molecular weight excluding hydrogens is 877 g/mol. The normalized spacial score (nSPS) is 12.7. The Morgan fingerprint density at radius 3 is 0.944 bits per heavy atom. The quantitative estimate of drug-likeness (QED) is 0.0261. The van der Waals surface area contributed by atoms with E-state index in [2.05, 4.69) is 106 Å². The average molecular weight is 990 g/mol. The second-order valence-corrected chi connectivity index (χ2v) is 19.9. The lowest BCUT2D eigenvalue weighted by Gasteiger charge is -2.18. The van der Waals surface area contributed by atoms with E-state index in [-0.39, 0.29) is 37.5 Å². The van der Waals surface area contributed by atoms with Gasteiger partial charge in [0.15, 0.2) is 6.10 Å². The lowest BCUT2D eigenvalue weighted by molar-refractivity contribution is -0.167. The van der Waals surface area contributed by atoms with Crippen molar-refractivity contribution in [3.63, 3.8) is 0 Å². The van der Waals surface area contributed by atoms with Crippen LogP contribution >= 0.6 is 0 Å². The van der Waals surface area contributed by atoms with Gasteiger partial charge in [-0.05, 0) is 89.9 Å². The molecule has 0 saturated carbocycles. The van der Waals surface area contributed by atoms with Crippen molar-refractivity contribution in [2.24, 2.45) is 0 Å². The van der Waals surface area contributed by atoms with E-state index in [9.17, 15) is 14.4 Å². The predicted molar refractivity (Wildman–Crippen MR) is 307 cm³/mol. The summed E-state index contributed by atoms with van der Waals surface area (Å²) in [7, 11) is 0. The number of allylic oxidation sites excluding steroid dienone is 14. The maximum atomic E-state index is 12.9. The van der Waals surface area contributed by atoms with Crippen LogP contribution in [-0.4, -0.2) is 37.2 Å². The molecule has 0 spiro atoms. The van der Waals surface area contributed by atoms with E-state index in [0.29, 0.717) is 19.3 Å². The first kappa shape index (κ1) is 67.6. The number of esters is 3. The van der Waals surface area contributed by atoms with Crippen LogP contribution in [0.2, 0.25) is 0 Å². The largest absolute Gasteiger partial charge is 0.462 e. The van der Waals surface area contributed by atoms with Gasteiger partial charge in [0.05, 0.1) is 0 Å². The molecule has 6 heteroatoms. The number of ether oxygens (including phenoxy) is 3. The lowest BCUT2D eigenvalue weighted by Crippen LogP contribution is -2.30. The van der Waals surface area contributed by atoms with Crippen molar-refractivity contribution >= 4 is 17.9 Å². The number of rotatable bonds is 54. The summed E-state index contributed by atoms with van der Waals surface area (Å²) < 4.78 is 16.8. The highest BCUT2D eigenvalue weighted by molar-refractivity contribution is 5.71. The summed E-state index contributed by atoms with van der Waals surface area (Å²) >= 11 is 0. The molecule has 6 nitrogen and oxygen atoms in total. The van der Waals surface area contributed by atoms with Crippen molar-refractivity contribution in [3.05, 3.63) is 85.1 Å². The third kappa shape index (κ3) is 57.4. The van der Waals surface area contributed by atoms with Gasteiger partial charge in [-0.1, -0.05) is 266 Å². The minimum absolute atomic E-state index is 0.0979. The van der Waals surface area contributed by atoms with Gasteiger partial charge in [-0.2, -0.15) is 0 Å². The molecule has 0 aliphatic carbocycles. The Morgan fingerprint density at radius 2 is 0.563 bits per heavy atom. The third-order valence-electron chi connectivity index (χ3n) is 12.9. The topological polar surface area (TPSA) is 78.9 Å². The van der Waals surface area contributed by atoms with Crippen LogP contribution in [0.25, 0.3) is 0 Å². The number of hydrogen-bond donors (Lipinski definition) is 0. The molecule has 1 atom stereocenters. The molecule has 0 aromatic rings. The summed E-state index contributed by atoms with van der Waals surface area (Å²) in [6.07, 6.45) is 77.3. The Labute approximate surface area is 439 Å². The van der Waals surface area contributed by atoms with Gasteiger partial charge in [-0.15, -0.1) is 0 Å². The van der Waals surface area contributed by atoms with Crippen LogP contribution in [0.15, 0.2) is 85.1 Å². The van der Waals surface area contributed by atoms with Crippen LogP contribution in [0.5, 0.6) is 0 Å². The monoisotopic (exact) mass is 989 g/mol. The van der Waals surface area contributed by atoms with Gasteiger partial charge in [0.1, 0.15) is 13.2 Å². The maximum absolute atomic E-state index is 12.9. The number of carbonyl (C=O) groups is 3. The summed E-state index contributed by atoms with van der Waals surface area (Å²) in [5.41, 5.74) is 0. The van der Waals surface area contributed by atoms with Crippen molar-refractivity contribution < 1.29 is 28.6 Å². The molecule has 0 aliphatic rings. The summed E-state index contributed by atoms with van der Waals surface area (Å²) in [4.78, 5) is 38.2. The molecule has 0 bridgehead atoms. The fraction of sp³-hybridized carbons (Fsp3) is 0.738. The standard InChI is InChI=1S/C65H112O6/c1-4-7-10-13-16-19-22-25-28-30-31-32-33-35-38-40-43-46-49-52-55-58-64(67)70-61-62(71-65(68)59-56-53-50-47-44-41-36-27-24-21-18-15-12-9-6-3)60-69-63(66)57-54-51-48-45-42-39-37-34-29-26-23-20-17-14-11-8-5-2/h8,11,17-18,20-21,26-27,29,36-37,39,45,48,62H,4-7,9-10,12-16,19,22-25,28,30-35,38,40-44,46-47,49-61H2,1-3H3/b11-8-,20-17-,21-18-,29-26-,36-27-,39-37-,48-45-/t62-/m1/s1. The fourth-order valence-corrected chi connectivity index (χ4v) is 8.39. The van der Waals surface area contributed by atoms with Gasteiger partial charge in [0.2, 0.25) is 0 Å². The summed E-state index contributed by atoms with van der Waals surface area (Å²) in [6.45, 7) is 6.47. The maximum Gasteiger partial charge on any atom is 0.306 e. The van der Waals surface area contributed by atoms with Gasteiger partial charge in [0.25, 0.3) is 0 Å². The Hall–Kier alpha value is -3.41. The zero-order valence-electron chi connectivity index (χ0n) is 46.7. The van der Waals surface area contributed by atoms with Gasteiger partial charge in [0, 0.05) is 19.3 Å². The van der Waals surface area contributed by atoms with Crippen LogP contribution in [-0.2, 0) is 28.6 Å². The Bertz CT molecular complexity index is 1370. The second-order valence-electron chi connectivity index (χ2n) is 19.9. The third-order valence-corrected chi connectivity index (χ3v) is 12.9. The van der Waals surface area contributed by atoms with Gasteiger partial charge in [-0.3, -0.25) is 14.4 Å². The van der Waals surface area contributed by atoms with Gasteiger partial charge >= 0.3 is 17.9 Å². The first-order chi connectivity index (χ1) is 35.0. The van der Waals surface area contributed by atoms with E-state index >= 15 is 0 Å². The van der Waals surface area contributed by atoms with Crippen LogP contribution in [0.4, 0.5) is 0 Å². The minimum Gasteiger partial charge on any atom is -0.462 e. The molecule has 408 valence electrons. The Kier molecular flexibility index (Phi) is 56.3. The van der Waals surface area contributed by atoms with Crippen molar-refractivity contribution in [3.8, 4) is 0 Å². The van der Waals surface area contributed by atoms with Crippen LogP contribution in [0.1, 0.15) is 290 Å². The van der Waals surface area contributed by atoms with Crippen molar-refractivity contribution in [1.29, 1.82) is 0 Å². The van der Waals surface area contributed by atoms with Crippen LogP contribution in [0.3, 0.4) is 0 Å². The van der Waals surface area contributed by atoms with Gasteiger partial charge in [-0.25, -0.2) is 0 Å². The number of hydrogen-bond acceptors (Lipinski definition) is 6. The van der Waals surface area contributed by atoms with Crippen LogP contribution < -0.4 is 0 Å². The molecule has 0 fully saturated rings. The second kappa shape index (κ2) is 59.2. The molecule has 0 rings (SSSR count). The summed E-state index contributed by atoms with van der Waals surface area (Å²) in [5, 5.41) is 0. The molecule has 71 heavy (non-hydrogen) atoms. The van der Waals surface area contributed by atoms with Crippen molar-refractivity contribution in [2.75, 3.05) is 13.2 Å². The van der Waals surface area contributed by atoms with E-state index in [1.165, 1.54) is 141 Å². The lowest BCUT2D eigenvalue weighted by atomic mass is 10.0. The minimum atomic E-state index is -0.806. The zero-order valence-corrected chi connectivity index (χ0v) is 46.7. The first-order valence-electron chi connectivity index (χ1n) is 30.1. The highest BCUT2D eigenvalue weighted by Crippen LogP contribution is 2.16. The zero-order chi connectivity index (χ0) is 51.4. The summed E-state index contributed by atoms with van der Waals surface area (Å²) in [6, 6.07) is 0. The average Bonchev–Trinajstić information content (AvgIpc) is 3.37. The molecule has 0 unspecified atom stereocenters. The molecule has 0 amide bonds. The van der Waals surface area contributed by atoms with E-state index in [1.54, 1.807) is 0 Å². The van der Waals surface area contributed by atoms with Crippen molar-refractivity contribution in [1.82, 2.24) is 0 Å². The molecule has 0 heterocycles. The molecule has 0 N–H and O–H groups in total. The Balaban J connectivity index is 4.42. The molecule has 0 aliphatic heterocycles. The molecule has 0 radical (unpaired) electrons. The summed E-state index contributed by atoms with van der Waals surface area (Å²) in [5.74, 6) is -0.963. The number of carbonyl (C=O) groups excluding carboxylic acids is 3. The first-order valence-corrected chi connectivity index (χ1v) is 30.1. The van der Waals surface area contributed by atoms with Crippen LogP contribution in [0, 0.1) is 0 Å². The fourth-order valence-electron chi connectivity index (χ4n) is 8.39. The highest BCUT2D eigenvalue weighted by Gasteiger charge is 2.19. The van der Waals surface area contributed by atoms with E-state index in [4.69, 9.17) is 14.2 Å². The van der Waals surface area contributed by atoms with Gasteiger partial charge < -0.3 is 14.2 Å². The number of unbranched alkanes of at least 4 members (excludes halogenated alkanes) is 29. The van der Waals surface area contributed by atoms with E-state index in [1.807, 2.05) is 0 Å². The van der Waals surface area contributed by atoms with E-state index < -0.39 is 6.10 Å². The molecular formula is C65H112O6. The smallest absolute Gasteiger partial charge is 0.306 e. The van der Waals surface area contributed by atoms with E-state index in [0.717, 1.165) is 103 Å².